The molecule has 0 saturated heterocycles. The predicted octanol–water partition coefficient (Wildman–Crippen LogP) is 2.86. The van der Waals surface area contributed by atoms with Gasteiger partial charge in [0.2, 0.25) is 0 Å². The van der Waals surface area contributed by atoms with Crippen LogP contribution in [0.1, 0.15) is 11.5 Å². The number of rotatable bonds is 2. The van der Waals surface area contributed by atoms with E-state index in [0.29, 0.717) is 17.1 Å². The molecule has 0 unspecified atom stereocenters. The van der Waals surface area contributed by atoms with Crippen molar-refractivity contribution in [3.8, 4) is 28.3 Å². The van der Waals surface area contributed by atoms with E-state index in [9.17, 15) is 5.11 Å². The van der Waals surface area contributed by atoms with E-state index in [1.54, 1.807) is 18.3 Å². The van der Waals surface area contributed by atoms with Gasteiger partial charge in [-0.05, 0) is 32.0 Å². The molecule has 0 amide bonds. The summed E-state index contributed by atoms with van der Waals surface area (Å²) in [5.74, 6) is 0.870. The molecule has 0 spiro atoms. The molecule has 2 N–H and O–H groups in total. The summed E-state index contributed by atoms with van der Waals surface area (Å²) >= 11 is 0. The lowest BCUT2D eigenvalue weighted by atomic mass is 10.0. The number of aromatic nitrogens is 4. The van der Waals surface area contributed by atoms with Gasteiger partial charge in [-0.15, -0.1) is 0 Å². The van der Waals surface area contributed by atoms with Crippen LogP contribution in [0.25, 0.3) is 22.5 Å². The Balaban J connectivity index is 2.33. The Kier molecular flexibility index (Phi) is 2.95. The molecule has 0 fully saturated rings. The van der Waals surface area contributed by atoms with Gasteiger partial charge in [0.05, 0.1) is 17.1 Å². The maximum absolute atomic E-state index is 10.1. The number of phenols is 1. The summed E-state index contributed by atoms with van der Waals surface area (Å²) < 4.78 is 0. The lowest BCUT2D eigenvalue weighted by Gasteiger charge is -2.12. The van der Waals surface area contributed by atoms with E-state index in [4.69, 9.17) is 0 Å². The topological polar surface area (TPSA) is 74.7 Å². The van der Waals surface area contributed by atoms with Crippen LogP contribution in [0.5, 0.6) is 5.75 Å². The molecule has 0 aliphatic heterocycles. The Bertz CT molecular complexity index is 751. The van der Waals surface area contributed by atoms with Gasteiger partial charge in [-0.25, -0.2) is 9.97 Å². The lowest BCUT2D eigenvalue weighted by Crippen LogP contribution is -2.00. The van der Waals surface area contributed by atoms with Crippen molar-refractivity contribution in [2.75, 3.05) is 0 Å². The van der Waals surface area contributed by atoms with Crippen LogP contribution >= 0.6 is 0 Å². The van der Waals surface area contributed by atoms with Gasteiger partial charge in [-0.2, -0.15) is 5.10 Å². The second kappa shape index (κ2) is 4.77. The molecule has 100 valence electrons. The number of nitrogens with one attached hydrogen (secondary N) is 1. The van der Waals surface area contributed by atoms with E-state index in [2.05, 4.69) is 20.2 Å². The highest BCUT2D eigenvalue weighted by atomic mass is 16.3. The van der Waals surface area contributed by atoms with Gasteiger partial charge in [0.1, 0.15) is 11.6 Å². The number of aryl methyl sites for hydroxylation is 2. The molecule has 3 rings (SSSR count). The Hall–Kier alpha value is -2.69. The highest BCUT2D eigenvalue weighted by Gasteiger charge is 2.17. The van der Waals surface area contributed by atoms with Crippen LogP contribution in [0, 0.1) is 13.8 Å². The summed E-state index contributed by atoms with van der Waals surface area (Å²) in [5.41, 5.74) is 3.93. The van der Waals surface area contributed by atoms with Gasteiger partial charge >= 0.3 is 0 Å². The van der Waals surface area contributed by atoms with E-state index < -0.39 is 0 Å². The number of benzene rings is 1. The highest BCUT2D eigenvalue weighted by molar-refractivity contribution is 5.83. The Morgan fingerprint density at radius 1 is 1.05 bits per heavy atom. The van der Waals surface area contributed by atoms with Gasteiger partial charge in [0.25, 0.3) is 0 Å². The smallest absolute Gasteiger partial charge is 0.126 e. The number of para-hydroxylation sites is 1. The number of nitrogens with zero attached hydrogens (tertiary/aromatic N) is 3. The summed E-state index contributed by atoms with van der Waals surface area (Å²) in [6.07, 6.45) is 1.68. The standard InChI is InChI=1S/C15H14N4O/c1-9-14(12-7-8-16-19-12)15(18-10(2)17-9)11-5-3-4-6-13(11)20/h3-8,20H,1-2H3,(H,16,19). The first-order chi connectivity index (χ1) is 9.66. The van der Waals surface area contributed by atoms with Crippen LogP contribution in [-0.4, -0.2) is 25.3 Å². The average molecular weight is 266 g/mol. The summed E-state index contributed by atoms with van der Waals surface area (Å²) in [6, 6.07) is 9.02. The van der Waals surface area contributed by atoms with E-state index in [0.717, 1.165) is 17.0 Å². The minimum atomic E-state index is 0.200. The molecule has 2 aromatic heterocycles. The van der Waals surface area contributed by atoms with Crippen LogP contribution in [-0.2, 0) is 0 Å². The molecular formula is C15H14N4O. The van der Waals surface area contributed by atoms with Gasteiger partial charge in [-0.3, -0.25) is 5.10 Å². The van der Waals surface area contributed by atoms with Crippen LogP contribution in [0.15, 0.2) is 36.5 Å². The van der Waals surface area contributed by atoms with Crippen molar-refractivity contribution in [1.29, 1.82) is 0 Å². The number of phenolic OH excluding ortho intramolecular Hbond substituents is 1. The fraction of sp³-hybridized carbons (Fsp3) is 0.133. The third-order valence-corrected chi connectivity index (χ3v) is 3.13. The zero-order valence-electron chi connectivity index (χ0n) is 11.3. The first-order valence-electron chi connectivity index (χ1n) is 6.30. The van der Waals surface area contributed by atoms with E-state index in [-0.39, 0.29) is 5.75 Å². The zero-order valence-corrected chi connectivity index (χ0v) is 11.3. The van der Waals surface area contributed by atoms with Gasteiger partial charge in [0.15, 0.2) is 0 Å². The second-order valence-corrected chi connectivity index (χ2v) is 4.57. The molecule has 2 heterocycles. The largest absolute Gasteiger partial charge is 0.507 e. The molecule has 20 heavy (non-hydrogen) atoms. The van der Waals surface area contributed by atoms with E-state index in [1.165, 1.54) is 0 Å². The quantitative estimate of drug-likeness (QED) is 0.748. The summed E-state index contributed by atoms with van der Waals surface area (Å²) in [7, 11) is 0. The highest BCUT2D eigenvalue weighted by Crippen LogP contribution is 2.35. The fourth-order valence-electron chi connectivity index (χ4n) is 2.30. The molecule has 0 atom stereocenters. The van der Waals surface area contributed by atoms with Crippen LogP contribution in [0.2, 0.25) is 0 Å². The number of hydrogen-bond donors (Lipinski definition) is 2. The summed E-state index contributed by atoms with van der Waals surface area (Å²) in [4.78, 5) is 8.91. The molecule has 0 aliphatic rings. The fourth-order valence-corrected chi connectivity index (χ4v) is 2.30. The van der Waals surface area contributed by atoms with Crippen molar-refractivity contribution in [2.45, 2.75) is 13.8 Å². The van der Waals surface area contributed by atoms with Crippen molar-refractivity contribution < 1.29 is 5.11 Å². The molecule has 5 nitrogen and oxygen atoms in total. The third-order valence-electron chi connectivity index (χ3n) is 3.13. The lowest BCUT2D eigenvalue weighted by molar-refractivity contribution is 0.477. The maximum atomic E-state index is 10.1. The molecular weight excluding hydrogens is 252 g/mol. The van der Waals surface area contributed by atoms with Crippen LogP contribution in [0.3, 0.4) is 0 Å². The van der Waals surface area contributed by atoms with E-state index in [1.807, 2.05) is 32.0 Å². The second-order valence-electron chi connectivity index (χ2n) is 4.57. The van der Waals surface area contributed by atoms with Gasteiger partial charge < -0.3 is 5.11 Å². The molecule has 0 saturated carbocycles. The van der Waals surface area contributed by atoms with E-state index >= 15 is 0 Å². The van der Waals surface area contributed by atoms with Crippen molar-refractivity contribution in [3.63, 3.8) is 0 Å². The number of H-pyrrole nitrogens is 1. The molecule has 0 radical (unpaired) electrons. The average Bonchev–Trinajstić information content (AvgIpc) is 2.92. The van der Waals surface area contributed by atoms with Crippen molar-refractivity contribution in [2.24, 2.45) is 0 Å². The minimum Gasteiger partial charge on any atom is -0.507 e. The Morgan fingerprint density at radius 2 is 1.85 bits per heavy atom. The molecule has 0 aliphatic carbocycles. The van der Waals surface area contributed by atoms with Crippen molar-refractivity contribution in [3.05, 3.63) is 48.0 Å². The first kappa shape index (κ1) is 12.3. The SMILES string of the molecule is Cc1nc(C)c(-c2ccn[nH]2)c(-c2ccccc2O)n1. The Labute approximate surface area is 116 Å². The zero-order chi connectivity index (χ0) is 14.1. The normalized spacial score (nSPS) is 10.7. The van der Waals surface area contributed by atoms with Crippen LogP contribution in [0.4, 0.5) is 0 Å². The molecule has 1 aromatic carbocycles. The number of aromatic amines is 1. The minimum absolute atomic E-state index is 0.200. The summed E-state index contributed by atoms with van der Waals surface area (Å²) in [5, 5.41) is 17.0. The number of aromatic hydroxyl groups is 1. The van der Waals surface area contributed by atoms with Crippen LogP contribution < -0.4 is 0 Å². The summed E-state index contributed by atoms with van der Waals surface area (Å²) in [6.45, 7) is 3.77. The van der Waals surface area contributed by atoms with Crippen molar-refractivity contribution in [1.82, 2.24) is 20.2 Å². The maximum Gasteiger partial charge on any atom is 0.126 e. The van der Waals surface area contributed by atoms with Crippen molar-refractivity contribution >= 4 is 0 Å². The van der Waals surface area contributed by atoms with Gasteiger partial charge in [-0.1, -0.05) is 12.1 Å². The molecule has 3 aromatic rings. The predicted molar refractivity (Wildman–Crippen MR) is 76.2 cm³/mol. The Morgan fingerprint density at radius 3 is 2.55 bits per heavy atom. The molecule has 5 heteroatoms. The first-order valence-corrected chi connectivity index (χ1v) is 6.30. The van der Waals surface area contributed by atoms with Gasteiger partial charge in [0, 0.05) is 17.3 Å². The third kappa shape index (κ3) is 2.03. The monoisotopic (exact) mass is 266 g/mol. The number of hydrogen-bond acceptors (Lipinski definition) is 4. The molecule has 0 bridgehead atoms.